The van der Waals surface area contributed by atoms with Crippen molar-refractivity contribution in [1.29, 1.82) is 0 Å². The Bertz CT molecular complexity index is 529. The van der Waals surface area contributed by atoms with Crippen LogP contribution in [-0.2, 0) is 19.4 Å². The van der Waals surface area contributed by atoms with Crippen LogP contribution in [0, 0.1) is 0 Å². The van der Waals surface area contributed by atoms with Crippen molar-refractivity contribution in [3.8, 4) is 0 Å². The van der Waals surface area contributed by atoms with E-state index in [1.807, 2.05) is 18.3 Å². The van der Waals surface area contributed by atoms with E-state index in [1.165, 1.54) is 5.56 Å². The minimum Gasteiger partial charge on any atom is -0.306 e. The molecule has 0 bridgehead atoms. The highest BCUT2D eigenvalue weighted by molar-refractivity contribution is 5.15. The van der Waals surface area contributed by atoms with Crippen LogP contribution in [0.4, 0.5) is 0 Å². The molecule has 0 fully saturated rings. The molecule has 0 radical (unpaired) electrons. The quantitative estimate of drug-likeness (QED) is 0.906. The molecule has 1 heterocycles. The second kappa shape index (κ2) is 6.62. The minimum absolute atomic E-state index is 0.106. The van der Waals surface area contributed by atoms with Gasteiger partial charge in [-0.25, -0.2) is 9.97 Å². The molecule has 3 heteroatoms. The number of rotatable bonds is 5. The molecule has 2 aromatic rings. The second-order valence-corrected chi connectivity index (χ2v) is 6.05. The van der Waals surface area contributed by atoms with Gasteiger partial charge in [-0.05, 0) is 38.8 Å². The van der Waals surface area contributed by atoms with Gasteiger partial charge in [-0.2, -0.15) is 0 Å². The lowest BCUT2D eigenvalue weighted by Crippen LogP contribution is -2.35. The summed E-state index contributed by atoms with van der Waals surface area (Å²) in [5, 5.41) is 3.45. The first-order valence-electron chi connectivity index (χ1n) is 7.13. The molecule has 0 amide bonds. The SMILES string of the molecule is CC(C)(C)NCc1ccnc(CCc2ccccc2)n1. The molecule has 0 saturated carbocycles. The van der Waals surface area contributed by atoms with E-state index >= 15 is 0 Å². The average molecular weight is 269 g/mol. The standard InChI is InChI=1S/C17H23N3/c1-17(2,3)19-13-15-11-12-18-16(20-15)10-9-14-7-5-4-6-8-14/h4-8,11-12,19H,9-10,13H2,1-3H3. The topological polar surface area (TPSA) is 37.8 Å². The Kier molecular flexibility index (Phi) is 4.85. The zero-order valence-corrected chi connectivity index (χ0v) is 12.6. The van der Waals surface area contributed by atoms with Gasteiger partial charge in [-0.3, -0.25) is 0 Å². The third-order valence-corrected chi connectivity index (χ3v) is 3.04. The van der Waals surface area contributed by atoms with Crippen LogP contribution < -0.4 is 5.32 Å². The summed E-state index contributed by atoms with van der Waals surface area (Å²) in [6.07, 6.45) is 3.72. The van der Waals surface area contributed by atoms with Gasteiger partial charge >= 0.3 is 0 Å². The van der Waals surface area contributed by atoms with E-state index in [0.29, 0.717) is 0 Å². The predicted octanol–water partition coefficient (Wildman–Crippen LogP) is 3.15. The molecule has 3 nitrogen and oxygen atoms in total. The average Bonchev–Trinajstić information content (AvgIpc) is 2.44. The van der Waals surface area contributed by atoms with Crippen molar-refractivity contribution in [3.63, 3.8) is 0 Å². The van der Waals surface area contributed by atoms with Crippen molar-refractivity contribution >= 4 is 0 Å². The Morgan fingerprint density at radius 3 is 2.45 bits per heavy atom. The number of aryl methyl sites for hydroxylation is 2. The number of nitrogens with one attached hydrogen (secondary N) is 1. The maximum atomic E-state index is 4.62. The molecule has 2 rings (SSSR count). The first-order valence-corrected chi connectivity index (χ1v) is 7.13. The van der Waals surface area contributed by atoms with Crippen LogP contribution in [-0.4, -0.2) is 15.5 Å². The van der Waals surface area contributed by atoms with Crippen LogP contribution in [0.3, 0.4) is 0 Å². The third kappa shape index (κ3) is 5.10. The molecule has 1 aromatic carbocycles. The lowest BCUT2D eigenvalue weighted by molar-refractivity contribution is 0.420. The summed E-state index contributed by atoms with van der Waals surface area (Å²) in [6, 6.07) is 12.4. The molecule has 0 aliphatic rings. The Labute approximate surface area is 121 Å². The minimum atomic E-state index is 0.106. The molecule has 1 N–H and O–H groups in total. The highest BCUT2D eigenvalue weighted by atomic mass is 15.0. The van der Waals surface area contributed by atoms with E-state index in [2.05, 4.69) is 60.3 Å². The lowest BCUT2D eigenvalue weighted by Gasteiger charge is -2.20. The largest absolute Gasteiger partial charge is 0.306 e. The molecule has 106 valence electrons. The third-order valence-electron chi connectivity index (χ3n) is 3.04. The first-order chi connectivity index (χ1) is 9.53. The molecule has 0 atom stereocenters. The van der Waals surface area contributed by atoms with Crippen molar-refractivity contribution in [2.24, 2.45) is 0 Å². The molecular weight excluding hydrogens is 246 g/mol. The van der Waals surface area contributed by atoms with Gasteiger partial charge in [0.2, 0.25) is 0 Å². The maximum Gasteiger partial charge on any atom is 0.128 e. The summed E-state index contributed by atoms with van der Waals surface area (Å²) in [6.45, 7) is 7.25. The van der Waals surface area contributed by atoms with Crippen LogP contribution in [0.1, 0.15) is 37.9 Å². The Balaban J connectivity index is 1.92. The fourth-order valence-corrected chi connectivity index (χ4v) is 1.92. The molecule has 0 saturated heterocycles. The zero-order valence-electron chi connectivity index (χ0n) is 12.6. The molecule has 0 aliphatic carbocycles. The zero-order chi connectivity index (χ0) is 14.4. The highest BCUT2D eigenvalue weighted by Gasteiger charge is 2.09. The number of benzene rings is 1. The van der Waals surface area contributed by atoms with E-state index in [9.17, 15) is 0 Å². The Morgan fingerprint density at radius 1 is 1.00 bits per heavy atom. The van der Waals surface area contributed by atoms with Crippen molar-refractivity contribution in [2.45, 2.75) is 45.7 Å². The fraction of sp³-hybridized carbons (Fsp3) is 0.412. The number of nitrogens with zero attached hydrogens (tertiary/aromatic N) is 2. The lowest BCUT2D eigenvalue weighted by atomic mass is 10.1. The smallest absolute Gasteiger partial charge is 0.128 e. The fourth-order valence-electron chi connectivity index (χ4n) is 1.92. The predicted molar refractivity (Wildman–Crippen MR) is 82.5 cm³/mol. The summed E-state index contributed by atoms with van der Waals surface area (Å²) in [5.41, 5.74) is 2.49. The Hall–Kier alpha value is -1.74. The van der Waals surface area contributed by atoms with Crippen molar-refractivity contribution in [3.05, 3.63) is 59.7 Å². The summed E-state index contributed by atoms with van der Waals surface area (Å²) in [5.74, 6) is 0.919. The Morgan fingerprint density at radius 2 is 1.75 bits per heavy atom. The van der Waals surface area contributed by atoms with Crippen molar-refractivity contribution < 1.29 is 0 Å². The van der Waals surface area contributed by atoms with Crippen LogP contribution >= 0.6 is 0 Å². The van der Waals surface area contributed by atoms with Gasteiger partial charge in [0.15, 0.2) is 0 Å². The van der Waals surface area contributed by atoms with Crippen LogP contribution in [0.25, 0.3) is 0 Å². The van der Waals surface area contributed by atoms with Gasteiger partial charge in [0.1, 0.15) is 5.82 Å². The molecule has 0 unspecified atom stereocenters. The van der Waals surface area contributed by atoms with E-state index in [1.54, 1.807) is 0 Å². The molecule has 0 aliphatic heterocycles. The van der Waals surface area contributed by atoms with E-state index in [0.717, 1.165) is 30.9 Å². The highest BCUT2D eigenvalue weighted by Crippen LogP contribution is 2.06. The number of hydrogen-bond acceptors (Lipinski definition) is 3. The van der Waals surface area contributed by atoms with E-state index < -0.39 is 0 Å². The summed E-state index contributed by atoms with van der Waals surface area (Å²) in [7, 11) is 0. The van der Waals surface area contributed by atoms with Gasteiger partial charge in [-0.1, -0.05) is 30.3 Å². The normalized spacial score (nSPS) is 11.6. The number of hydrogen-bond donors (Lipinski definition) is 1. The van der Waals surface area contributed by atoms with Gasteiger partial charge in [0.25, 0.3) is 0 Å². The van der Waals surface area contributed by atoms with Crippen LogP contribution in [0.2, 0.25) is 0 Å². The van der Waals surface area contributed by atoms with Crippen molar-refractivity contribution in [1.82, 2.24) is 15.3 Å². The van der Waals surface area contributed by atoms with Crippen LogP contribution in [0.5, 0.6) is 0 Å². The molecule has 1 aromatic heterocycles. The number of aromatic nitrogens is 2. The van der Waals surface area contributed by atoms with Gasteiger partial charge in [0, 0.05) is 24.7 Å². The maximum absolute atomic E-state index is 4.62. The van der Waals surface area contributed by atoms with E-state index in [4.69, 9.17) is 0 Å². The van der Waals surface area contributed by atoms with Crippen LogP contribution in [0.15, 0.2) is 42.6 Å². The van der Waals surface area contributed by atoms with Gasteiger partial charge in [-0.15, -0.1) is 0 Å². The van der Waals surface area contributed by atoms with E-state index in [-0.39, 0.29) is 5.54 Å². The molecule has 0 spiro atoms. The monoisotopic (exact) mass is 269 g/mol. The first kappa shape index (κ1) is 14.7. The summed E-state index contributed by atoms with van der Waals surface area (Å²) in [4.78, 5) is 8.98. The second-order valence-electron chi connectivity index (χ2n) is 6.05. The summed E-state index contributed by atoms with van der Waals surface area (Å²) >= 11 is 0. The molecule has 20 heavy (non-hydrogen) atoms. The van der Waals surface area contributed by atoms with Gasteiger partial charge in [0.05, 0.1) is 5.69 Å². The van der Waals surface area contributed by atoms with Crippen molar-refractivity contribution in [2.75, 3.05) is 0 Å². The van der Waals surface area contributed by atoms with Gasteiger partial charge < -0.3 is 5.32 Å². The summed E-state index contributed by atoms with van der Waals surface area (Å²) < 4.78 is 0. The molecular formula is C17H23N3.